The summed E-state index contributed by atoms with van der Waals surface area (Å²) in [6.07, 6.45) is 0.439. The van der Waals surface area contributed by atoms with E-state index in [1.807, 2.05) is 52.0 Å². The molecule has 0 atom stereocenters. The van der Waals surface area contributed by atoms with Crippen LogP contribution in [-0.4, -0.2) is 21.6 Å². The lowest BCUT2D eigenvalue weighted by molar-refractivity contribution is -0.115. The Kier molecular flexibility index (Phi) is 5.55. The highest BCUT2D eigenvalue weighted by atomic mass is 32.2. The number of hydrogen-bond acceptors (Lipinski definition) is 4. The van der Waals surface area contributed by atoms with E-state index in [0.717, 1.165) is 33.4 Å². The second-order valence-electron chi connectivity index (χ2n) is 5.35. The highest BCUT2D eigenvalue weighted by Crippen LogP contribution is 2.20. The van der Waals surface area contributed by atoms with E-state index in [-0.39, 0.29) is 5.91 Å². The number of rotatable bonds is 5. The predicted octanol–water partition coefficient (Wildman–Crippen LogP) is 3.83. The monoisotopic (exact) mass is 315 g/mol. The van der Waals surface area contributed by atoms with Crippen molar-refractivity contribution in [1.82, 2.24) is 9.97 Å². The van der Waals surface area contributed by atoms with Gasteiger partial charge < -0.3 is 5.32 Å². The molecule has 0 unspecified atom stereocenters. The molecule has 5 heteroatoms. The van der Waals surface area contributed by atoms with Crippen LogP contribution in [0.3, 0.4) is 0 Å². The molecule has 0 fully saturated rings. The fourth-order valence-electron chi connectivity index (χ4n) is 2.21. The molecule has 1 amide bonds. The van der Waals surface area contributed by atoms with Crippen LogP contribution in [0.4, 0.5) is 5.69 Å². The number of aromatic nitrogens is 2. The summed E-state index contributed by atoms with van der Waals surface area (Å²) in [5, 5.41) is 3.73. The van der Waals surface area contributed by atoms with Gasteiger partial charge in [0.15, 0.2) is 5.16 Å². The van der Waals surface area contributed by atoms with Crippen LogP contribution in [-0.2, 0) is 4.79 Å². The molecule has 1 aromatic heterocycles. The van der Waals surface area contributed by atoms with Crippen molar-refractivity contribution in [2.45, 2.75) is 39.3 Å². The molecular formula is C17H21N3OS. The molecule has 0 bridgehead atoms. The molecule has 0 saturated heterocycles. The van der Waals surface area contributed by atoms with Crippen molar-refractivity contribution < 1.29 is 4.79 Å². The van der Waals surface area contributed by atoms with Crippen LogP contribution in [0.5, 0.6) is 0 Å². The smallest absolute Gasteiger partial charge is 0.225 e. The minimum Gasteiger partial charge on any atom is -0.326 e. The second-order valence-corrected chi connectivity index (χ2v) is 6.41. The number of carbonyl (C=O) groups excluding carboxylic acids is 1. The van der Waals surface area contributed by atoms with Gasteiger partial charge in [0.25, 0.3) is 0 Å². The van der Waals surface area contributed by atoms with Crippen molar-refractivity contribution in [2.24, 2.45) is 0 Å². The standard InChI is InChI=1S/C17H21N3OS/c1-11-6-5-7-12(2)16(11)20-15(21)8-9-22-17-18-13(3)10-14(4)19-17/h5-7,10H,8-9H2,1-4H3,(H,20,21). The number of para-hydroxylation sites is 1. The molecule has 1 N–H and O–H groups in total. The Bertz CT molecular complexity index is 645. The third-order valence-electron chi connectivity index (χ3n) is 3.27. The first-order valence-electron chi connectivity index (χ1n) is 7.27. The summed E-state index contributed by atoms with van der Waals surface area (Å²) in [6.45, 7) is 7.90. The van der Waals surface area contributed by atoms with Crippen LogP contribution in [0.1, 0.15) is 28.9 Å². The van der Waals surface area contributed by atoms with E-state index in [4.69, 9.17) is 0 Å². The summed E-state index contributed by atoms with van der Waals surface area (Å²) >= 11 is 1.51. The van der Waals surface area contributed by atoms with Crippen LogP contribution in [0.15, 0.2) is 29.4 Å². The normalized spacial score (nSPS) is 10.5. The number of nitrogens with zero attached hydrogens (tertiary/aromatic N) is 2. The van der Waals surface area contributed by atoms with E-state index >= 15 is 0 Å². The van der Waals surface area contributed by atoms with Gasteiger partial charge in [0.2, 0.25) is 5.91 Å². The Labute approximate surface area is 135 Å². The molecule has 116 valence electrons. The van der Waals surface area contributed by atoms with Crippen LogP contribution in [0.2, 0.25) is 0 Å². The Morgan fingerprint density at radius 3 is 2.27 bits per heavy atom. The Morgan fingerprint density at radius 2 is 1.68 bits per heavy atom. The minimum atomic E-state index is 0.0225. The summed E-state index contributed by atoms with van der Waals surface area (Å²) < 4.78 is 0. The van der Waals surface area contributed by atoms with Gasteiger partial charge in [0, 0.05) is 29.2 Å². The first kappa shape index (κ1) is 16.5. The fourth-order valence-corrected chi connectivity index (χ4v) is 3.09. The predicted molar refractivity (Wildman–Crippen MR) is 91.4 cm³/mol. The molecule has 0 aliphatic rings. The van der Waals surface area contributed by atoms with Crippen molar-refractivity contribution in [3.63, 3.8) is 0 Å². The zero-order valence-electron chi connectivity index (χ0n) is 13.4. The summed E-state index contributed by atoms with van der Waals surface area (Å²) in [4.78, 5) is 20.8. The zero-order chi connectivity index (χ0) is 16.1. The third-order valence-corrected chi connectivity index (χ3v) is 4.12. The van der Waals surface area contributed by atoms with E-state index in [0.29, 0.717) is 12.2 Å². The number of benzene rings is 1. The number of thioether (sulfide) groups is 1. The van der Waals surface area contributed by atoms with E-state index in [1.165, 1.54) is 11.8 Å². The van der Waals surface area contributed by atoms with Crippen LogP contribution in [0, 0.1) is 27.7 Å². The topological polar surface area (TPSA) is 54.9 Å². The van der Waals surface area contributed by atoms with Crippen LogP contribution in [0.25, 0.3) is 0 Å². The summed E-state index contributed by atoms with van der Waals surface area (Å²) in [5.41, 5.74) is 4.99. The van der Waals surface area contributed by atoms with Gasteiger partial charge in [-0.15, -0.1) is 0 Å². The van der Waals surface area contributed by atoms with Gasteiger partial charge in [-0.3, -0.25) is 4.79 Å². The molecule has 1 aromatic carbocycles. The van der Waals surface area contributed by atoms with Gasteiger partial charge in [-0.25, -0.2) is 9.97 Å². The van der Waals surface area contributed by atoms with Crippen molar-refractivity contribution in [3.05, 3.63) is 46.8 Å². The molecule has 4 nitrogen and oxygen atoms in total. The lowest BCUT2D eigenvalue weighted by atomic mass is 10.1. The molecule has 0 radical (unpaired) electrons. The second kappa shape index (κ2) is 7.40. The van der Waals surface area contributed by atoms with E-state index in [1.54, 1.807) is 0 Å². The molecule has 0 aliphatic carbocycles. The van der Waals surface area contributed by atoms with Gasteiger partial charge in [0.1, 0.15) is 0 Å². The molecule has 2 aromatic rings. The summed E-state index contributed by atoms with van der Waals surface area (Å²) in [5.74, 6) is 0.689. The molecule has 0 aliphatic heterocycles. The number of anilines is 1. The fraction of sp³-hybridized carbons (Fsp3) is 0.353. The third kappa shape index (κ3) is 4.56. The summed E-state index contributed by atoms with van der Waals surface area (Å²) in [7, 11) is 0. The zero-order valence-corrected chi connectivity index (χ0v) is 14.3. The maximum Gasteiger partial charge on any atom is 0.225 e. The number of hydrogen-bond donors (Lipinski definition) is 1. The first-order valence-corrected chi connectivity index (χ1v) is 8.25. The highest BCUT2D eigenvalue weighted by molar-refractivity contribution is 7.99. The quantitative estimate of drug-likeness (QED) is 0.673. The lowest BCUT2D eigenvalue weighted by Gasteiger charge is -2.11. The van der Waals surface area contributed by atoms with Crippen molar-refractivity contribution in [2.75, 3.05) is 11.1 Å². The van der Waals surface area contributed by atoms with Gasteiger partial charge in [-0.2, -0.15) is 0 Å². The van der Waals surface area contributed by atoms with E-state index < -0.39 is 0 Å². The van der Waals surface area contributed by atoms with Gasteiger partial charge in [-0.05, 0) is 44.9 Å². The molecule has 2 rings (SSSR count). The van der Waals surface area contributed by atoms with Crippen molar-refractivity contribution >= 4 is 23.4 Å². The van der Waals surface area contributed by atoms with Crippen molar-refractivity contribution in [3.8, 4) is 0 Å². The number of amides is 1. The maximum absolute atomic E-state index is 12.1. The Morgan fingerprint density at radius 1 is 1.09 bits per heavy atom. The average Bonchev–Trinajstić information content (AvgIpc) is 2.42. The minimum absolute atomic E-state index is 0.0225. The Balaban J connectivity index is 1.88. The first-order chi connectivity index (χ1) is 10.5. The van der Waals surface area contributed by atoms with E-state index in [2.05, 4.69) is 15.3 Å². The average molecular weight is 315 g/mol. The number of aryl methyl sites for hydroxylation is 4. The van der Waals surface area contributed by atoms with Crippen LogP contribution >= 0.6 is 11.8 Å². The largest absolute Gasteiger partial charge is 0.326 e. The number of carbonyl (C=O) groups is 1. The van der Waals surface area contributed by atoms with Crippen LogP contribution < -0.4 is 5.32 Å². The van der Waals surface area contributed by atoms with Crippen molar-refractivity contribution in [1.29, 1.82) is 0 Å². The van der Waals surface area contributed by atoms with E-state index in [9.17, 15) is 4.79 Å². The number of nitrogens with one attached hydrogen (secondary N) is 1. The molecule has 1 heterocycles. The van der Waals surface area contributed by atoms with Gasteiger partial charge in [-0.1, -0.05) is 30.0 Å². The Hall–Kier alpha value is -1.88. The summed E-state index contributed by atoms with van der Waals surface area (Å²) in [6, 6.07) is 7.94. The molecular weight excluding hydrogens is 294 g/mol. The lowest BCUT2D eigenvalue weighted by Crippen LogP contribution is -2.14. The highest BCUT2D eigenvalue weighted by Gasteiger charge is 2.08. The van der Waals surface area contributed by atoms with Gasteiger partial charge in [0.05, 0.1) is 0 Å². The molecule has 0 spiro atoms. The maximum atomic E-state index is 12.1. The molecule has 0 saturated carbocycles. The SMILES string of the molecule is Cc1cc(C)nc(SCCC(=O)Nc2c(C)cccc2C)n1. The molecule has 22 heavy (non-hydrogen) atoms. The van der Waals surface area contributed by atoms with Gasteiger partial charge >= 0.3 is 0 Å².